The first-order valence-electron chi connectivity index (χ1n) is 6.93. The molecule has 100 valence electrons. The van der Waals surface area contributed by atoms with Crippen LogP contribution in [0.15, 0.2) is 12.1 Å². The zero-order valence-corrected chi connectivity index (χ0v) is 12.5. The minimum absolute atomic E-state index is 0.0302. The van der Waals surface area contributed by atoms with Gasteiger partial charge >= 0.3 is 0 Å². The maximum Gasteiger partial charge on any atom is 0.127 e. The Balaban J connectivity index is 2.50. The van der Waals surface area contributed by atoms with Gasteiger partial charge in [0, 0.05) is 0 Å². The quantitative estimate of drug-likeness (QED) is 0.592. The van der Waals surface area contributed by atoms with Crippen LogP contribution in [0.4, 0.5) is 4.39 Å². The first kappa shape index (κ1) is 13.6. The summed E-state index contributed by atoms with van der Waals surface area (Å²) in [6.07, 6.45) is 2.26. The maximum atomic E-state index is 14.3. The van der Waals surface area contributed by atoms with Gasteiger partial charge in [0.1, 0.15) is 5.82 Å². The van der Waals surface area contributed by atoms with Gasteiger partial charge in [0.15, 0.2) is 0 Å². The second-order valence-corrected chi connectivity index (χ2v) is 7.74. The molecule has 0 bridgehead atoms. The Morgan fingerprint density at radius 2 is 1.67 bits per heavy atom. The lowest BCUT2D eigenvalue weighted by atomic mass is 9.76. The molecule has 0 nitrogen and oxygen atoms in total. The fraction of sp³-hybridized carbons (Fsp3) is 0.647. The summed E-state index contributed by atoms with van der Waals surface area (Å²) in [6, 6.07) is 3.91. The van der Waals surface area contributed by atoms with E-state index in [1.807, 2.05) is 0 Å². The second kappa shape index (κ2) is 4.08. The van der Waals surface area contributed by atoms with Gasteiger partial charge < -0.3 is 0 Å². The van der Waals surface area contributed by atoms with Gasteiger partial charge in [0.2, 0.25) is 0 Å². The summed E-state index contributed by atoms with van der Waals surface area (Å²) in [5, 5.41) is 0. The van der Waals surface area contributed by atoms with E-state index in [4.69, 9.17) is 0 Å². The number of halogens is 1. The molecule has 0 N–H and O–H groups in total. The molecule has 0 fully saturated rings. The molecule has 0 saturated carbocycles. The SMILES string of the molecule is CC(C)(C)c1cc2c(cc1F)C(C(C)(C)C)CC2. The van der Waals surface area contributed by atoms with Gasteiger partial charge in [-0.05, 0) is 52.3 Å². The summed E-state index contributed by atoms with van der Waals surface area (Å²) in [4.78, 5) is 0. The first-order valence-corrected chi connectivity index (χ1v) is 6.93. The molecule has 1 heteroatoms. The van der Waals surface area contributed by atoms with E-state index in [0.29, 0.717) is 5.92 Å². The van der Waals surface area contributed by atoms with Crippen LogP contribution in [0.1, 0.15) is 70.6 Å². The molecule has 0 radical (unpaired) electrons. The molecule has 0 saturated heterocycles. The Kier molecular flexibility index (Phi) is 3.08. The van der Waals surface area contributed by atoms with E-state index in [0.717, 1.165) is 18.4 Å². The van der Waals surface area contributed by atoms with Gasteiger partial charge in [-0.25, -0.2) is 4.39 Å². The Morgan fingerprint density at radius 3 is 2.17 bits per heavy atom. The standard InChI is InChI=1S/C17H25F/c1-16(2,3)13-8-7-11-9-14(17(4,5)6)15(18)10-12(11)13/h9-10,13H,7-8H2,1-6H3. The number of aryl methyl sites for hydroxylation is 1. The predicted molar refractivity (Wildman–Crippen MR) is 75.6 cm³/mol. The number of fused-ring (bicyclic) bond motifs is 1. The van der Waals surface area contributed by atoms with E-state index < -0.39 is 0 Å². The molecule has 0 aliphatic heterocycles. The van der Waals surface area contributed by atoms with Crippen LogP contribution >= 0.6 is 0 Å². The fourth-order valence-corrected chi connectivity index (χ4v) is 3.10. The summed E-state index contributed by atoms with van der Waals surface area (Å²) >= 11 is 0. The summed E-state index contributed by atoms with van der Waals surface area (Å²) in [7, 11) is 0. The topological polar surface area (TPSA) is 0 Å². The predicted octanol–water partition coefficient (Wildman–Crippen LogP) is 5.20. The molecule has 0 amide bonds. The first-order chi connectivity index (χ1) is 8.10. The zero-order chi connectivity index (χ0) is 13.7. The molecule has 2 rings (SSSR count). The van der Waals surface area contributed by atoms with Crippen molar-refractivity contribution in [1.29, 1.82) is 0 Å². The normalized spacial score (nSPS) is 20.1. The van der Waals surface area contributed by atoms with Gasteiger partial charge in [-0.2, -0.15) is 0 Å². The minimum atomic E-state index is -0.112. The van der Waals surface area contributed by atoms with Crippen LogP contribution in [0.3, 0.4) is 0 Å². The summed E-state index contributed by atoms with van der Waals surface area (Å²) in [5.41, 5.74) is 3.57. The molecule has 1 aliphatic carbocycles. The van der Waals surface area contributed by atoms with Crippen molar-refractivity contribution in [3.05, 3.63) is 34.6 Å². The van der Waals surface area contributed by atoms with E-state index in [9.17, 15) is 4.39 Å². The summed E-state index contributed by atoms with van der Waals surface area (Å²) in [5.74, 6) is 0.466. The van der Waals surface area contributed by atoms with E-state index >= 15 is 0 Å². The monoisotopic (exact) mass is 248 g/mol. The fourth-order valence-electron chi connectivity index (χ4n) is 3.10. The highest BCUT2D eigenvalue weighted by Crippen LogP contribution is 2.46. The van der Waals surface area contributed by atoms with Crippen LogP contribution in [-0.2, 0) is 11.8 Å². The highest BCUT2D eigenvalue weighted by Gasteiger charge is 2.34. The van der Waals surface area contributed by atoms with Crippen LogP contribution in [0, 0.1) is 11.2 Å². The van der Waals surface area contributed by atoms with E-state index in [1.165, 1.54) is 11.1 Å². The molecule has 1 aromatic rings. The Labute approximate surface area is 111 Å². The molecule has 1 aliphatic rings. The Morgan fingerprint density at radius 1 is 1.06 bits per heavy atom. The largest absolute Gasteiger partial charge is 0.207 e. The number of hydrogen-bond donors (Lipinski definition) is 0. The van der Waals surface area contributed by atoms with Crippen molar-refractivity contribution in [3.8, 4) is 0 Å². The van der Waals surface area contributed by atoms with Crippen molar-refractivity contribution in [2.75, 3.05) is 0 Å². The van der Waals surface area contributed by atoms with E-state index in [1.54, 1.807) is 6.07 Å². The highest BCUT2D eigenvalue weighted by molar-refractivity contribution is 5.42. The van der Waals surface area contributed by atoms with E-state index in [-0.39, 0.29) is 16.6 Å². The molecule has 0 spiro atoms. The lowest BCUT2D eigenvalue weighted by Gasteiger charge is -2.28. The van der Waals surface area contributed by atoms with Gasteiger partial charge in [-0.3, -0.25) is 0 Å². The van der Waals surface area contributed by atoms with Crippen molar-refractivity contribution in [3.63, 3.8) is 0 Å². The molecule has 0 heterocycles. The van der Waals surface area contributed by atoms with Crippen LogP contribution in [0.25, 0.3) is 0 Å². The molecule has 1 atom stereocenters. The average Bonchev–Trinajstić information content (AvgIpc) is 2.56. The van der Waals surface area contributed by atoms with Crippen molar-refractivity contribution in [2.24, 2.45) is 5.41 Å². The van der Waals surface area contributed by atoms with E-state index in [2.05, 4.69) is 47.6 Å². The number of benzene rings is 1. The third-order valence-electron chi connectivity index (χ3n) is 4.16. The molecule has 1 unspecified atom stereocenters. The summed E-state index contributed by atoms with van der Waals surface area (Å²) in [6.45, 7) is 13.0. The Hall–Kier alpha value is -0.850. The lowest BCUT2D eigenvalue weighted by molar-refractivity contribution is 0.318. The molecular formula is C17H25F. The summed E-state index contributed by atoms with van der Waals surface area (Å²) < 4.78 is 14.3. The van der Waals surface area contributed by atoms with Crippen LogP contribution < -0.4 is 0 Å². The molecular weight excluding hydrogens is 223 g/mol. The number of rotatable bonds is 0. The minimum Gasteiger partial charge on any atom is -0.207 e. The van der Waals surface area contributed by atoms with Crippen LogP contribution in [0.5, 0.6) is 0 Å². The second-order valence-electron chi connectivity index (χ2n) is 7.74. The van der Waals surface area contributed by atoms with Gasteiger partial charge in [0.05, 0.1) is 0 Å². The number of hydrogen-bond acceptors (Lipinski definition) is 0. The lowest BCUT2D eigenvalue weighted by Crippen LogP contribution is -2.17. The van der Waals surface area contributed by atoms with Crippen molar-refractivity contribution >= 4 is 0 Å². The van der Waals surface area contributed by atoms with Crippen molar-refractivity contribution in [1.82, 2.24) is 0 Å². The Bertz CT molecular complexity index is 458. The van der Waals surface area contributed by atoms with Gasteiger partial charge in [-0.1, -0.05) is 47.6 Å². The molecule has 0 aromatic heterocycles. The zero-order valence-electron chi connectivity index (χ0n) is 12.5. The van der Waals surface area contributed by atoms with Crippen molar-refractivity contribution in [2.45, 2.75) is 65.7 Å². The van der Waals surface area contributed by atoms with Crippen molar-refractivity contribution < 1.29 is 4.39 Å². The van der Waals surface area contributed by atoms with Gasteiger partial charge in [-0.15, -0.1) is 0 Å². The maximum absolute atomic E-state index is 14.3. The average molecular weight is 248 g/mol. The highest BCUT2D eigenvalue weighted by atomic mass is 19.1. The van der Waals surface area contributed by atoms with Crippen LogP contribution in [0.2, 0.25) is 0 Å². The third kappa shape index (κ3) is 2.32. The smallest absolute Gasteiger partial charge is 0.127 e. The molecule has 1 aromatic carbocycles. The molecule has 18 heavy (non-hydrogen) atoms. The van der Waals surface area contributed by atoms with Crippen LogP contribution in [-0.4, -0.2) is 0 Å². The third-order valence-corrected chi connectivity index (χ3v) is 4.16. The van der Waals surface area contributed by atoms with Gasteiger partial charge in [0.25, 0.3) is 0 Å².